The Morgan fingerprint density at radius 2 is 1.82 bits per heavy atom. The second-order valence-electron chi connectivity index (χ2n) is 3.97. The minimum Gasteiger partial charge on any atom is -0.477 e. The summed E-state index contributed by atoms with van der Waals surface area (Å²) in [4.78, 5) is 12.2. The van der Waals surface area contributed by atoms with Crippen molar-refractivity contribution >= 4 is 23.0 Å². The number of hydrogen-bond acceptors (Lipinski definition) is 3. The molecule has 1 aromatic carbocycles. The van der Waals surface area contributed by atoms with E-state index < -0.39 is 5.97 Å². The zero-order valence-electron chi connectivity index (χ0n) is 9.65. The van der Waals surface area contributed by atoms with Gasteiger partial charge in [0.1, 0.15) is 4.88 Å². The maximum absolute atomic E-state index is 11.0. The number of thiophene rings is 1. The number of carboxylic acid groups (broad SMARTS) is 1. The minimum absolute atomic E-state index is 0.220. The van der Waals surface area contributed by atoms with Gasteiger partial charge in [0.2, 0.25) is 0 Å². The van der Waals surface area contributed by atoms with Crippen molar-refractivity contribution in [1.82, 2.24) is 0 Å². The molecule has 2 rings (SSSR count). The van der Waals surface area contributed by atoms with Gasteiger partial charge in [-0.25, -0.2) is 4.79 Å². The topological polar surface area (TPSA) is 63.3 Å². The van der Waals surface area contributed by atoms with Crippen molar-refractivity contribution in [2.24, 2.45) is 0 Å². The summed E-state index contributed by atoms with van der Waals surface area (Å²) in [5.74, 6) is -0.964. The molecule has 4 heteroatoms. The Kier molecular flexibility index (Phi) is 2.90. The molecule has 0 unspecified atom stereocenters. The molecule has 0 spiro atoms. The lowest BCUT2D eigenvalue weighted by Crippen LogP contribution is -1.97. The zero-order chi connectivity index (χ0) is 12.6. The lowest BCUT2D eigenvalue weighted by Gasteiger charge is -2.00. The van der Waals surface area contributed by atoms with Gasteiger partial charge in [-0.1, -0.05) is 29.8 Å². The number of anilines is 1. The normalized spacial score (nSPS) is 10.5. The van der Waals surface area contributed by atoms with Gasteiger partial charge in [-0.3, -0.25) is 0 Å². The second kappa shape index (κ2) is 4.22. The standard InChI is InChI=1S/C13H13NO2S/c1-7-3-5-9(6-4-7)11-8(2)10(14)12(17-11)13(15)16/h3-6H,14H2,1-2H3,(H,15,16). The van der Waals surface area contributed by atoms with Crippen LogP contribution in [0.15, 0.2) is 24.3 Å². The molecule has 0 saturated carbocycles. The largest absolute Gasteiger partial charge is 0.477 e. The van der Waals surface area contributed by atoms with Crippen LogP contribution in [-0.2, 0) is 0 Å². The Bertz CT molecular complexity index is 570. The molecule has 0 radical (unpaired) electrons. The van der Waals surface area contributed by atoms with Gasteiger partial charge in [-0.2, -0.15) is 0 Å². The monoisotopic (exact) mass is 247 g/mol. The molecular weight excluding hydrogens is 234 g/mol. The highest BCUT2D eigenvalue weighted by Crippen LogP contribution is 2.37. The molecule has 0 saturated heterocycles. The quantitative estimate of drug-likeness (QED) is 0.855. The summed E-state index contributed by atoms with van der Waals surface area (Å²) < 4.78 is 0. The van der Waals surface area contributed by atoms with Gasteiger partial charge in [0, 0.05) is 4.88 Å². The Labute approximate surface area is 104 Å². The first kappa shape index (κ1) is 11.7. The van der Waals surface area contributed by atoms with Crippen LogP contribution in [-0.4, -0.2) is 11.1 Å². The first-order chi connectivity index (χ1) is 8.00. The third-order valence-electron chi connectivity index (χ3n) is 2.70. The highest BCUT2D eigenvalue weighted by molar-refractivity contribution is 7.18. The number of nitrogen functional groups attached to an aromatic ring is 1. The van der Waals surface area contributed by atoms with Gasteiger partial charge >= 0.3 is 5.97 Å². The molecule has 1 heterocycles. The van der Waals surface area contributed by atoms with Crippen LogP contribution in [0.3, 0.4) is 0 Å². The summed E-state index contributed by atoms with van der Waals surface area (Å²) in [5, 5.41) is 9.02. The maximum Gasteiger partial charge on any atom is 0.348 e. The fraction of sp³-hybridized carbons (Fsp3) is 0.154. The van der Waals surface area contributed by atoms with Crippen LogP contribution < -0.4 is 5.73 Å². The number of benzene rings is 1. The number of aromatic carboxylic acids is 1. The Balaban J connectivity index is 2.56. The van der Waals surface area contributed by atoms with Crippen molar-refractivity contribution in [3.63, 3.8) is 0 Å². The van der Waals surface area contributed by atoms with E-state index in [1.807, 2.05) is 38.1 Å². The van der Waals surface area contributed by atoms with E-state index in [-0.39, 0.29) is 4.88 Å². The van der Waals surface area contributed by atoms with E-state index in [1.165, 1.54) is 16.9 Å². The van der Waals surface area contributed by atoms with Crippen molar-refractivity contribution in [1.29, 1.82) is 0 Å². The number of hydrogen-bond donors (Lipinski definition) is 2. The SMILES string of the molecule is Cc1ccc(-c2sc(C(=O)O)c(N)c2C)cc1. The number of carbonyl (C=O) groups is 1. The van der Waals surface area contributed by atoms with Crippen molar-refractivity contribution < 1.29 is 9.90 Å². The van der Waals surface area contributed by atoms with Gasteiger partial charge in [-0.15, -0.1) is 11.3 Å². The predicted molar refractivity (Wildman–Crippen MR) is 70.6 cm³/mol. The van der Waals surface area contributed by atoms with Crippen LogP contribution in [0.4, 0.5) is 5.69 Å². The van der Waals surface area contributed by atoms with Crippen molar-refractivity contribution in [3.05, 3.63) is 40.3 Å². The molecule has 0 fully saturated rings. The lowest BCUT2D eigenvalue weighted by molar-refractivity contribution is 0.0703. The summed E-state index contributed by atoms with van der Waals surface area (Å²) in [5.41, 5.74) is 9.20. The Hall–Kier alpha value is -1.81. The van der Waals surface area contributed by atoms with Crippen molar-refractivity contribution in [2.45, 2.75) is 13.8 Å². The van der Waals surface area contributed by atoms with Gasteiger partial charge < -0.3 is 10.8 Å². The maximum atomic E-state index is 11.0. The fourth-order valence-electron chi connectivity index (χ4n) is 1.67. The van der Waals surface area contributed by atoms with Gasteiger partial charge in [0.15, 0.2) is 0 Å². The molecule has 88 valence electrons. The lowest BCUT2D eigenvalue weighted by atomic mass is 10.1. The molecule has 17 heavy (non-hydrogen) atoms. The van der Waals surface area contributed by atoms with E-state index >= 15 is 0 Å². The summed E-state index contributed by atoms with van der Waals surface area (Å²) >= 11 is 1.23. The van der Waals surface area contributed by atoms with Crippen molar-refractivity contribution in [3.8, 4) is 10.4 Å². The highest BCUT2D eigenvalue weighted by Gasteiger charge is 2.18. The summed E-state index contributed by atoms with van der Waals surface area (Å²) in [6, 6.07) is 7.98. The minimum atomic E-state index is -0.964. The van der Waals surface area contributed by atoms with E-state index in [9.17, 15) is 4.79 Å². The Morgan fingerprint density at radius 3 is 2.29 bits per heavy atom. The summed E-state index contributed by atoms with van der Waals surface area (Å²) in [6.07, 6.45) is 0. The number of carboxylic acids is 1. The average molecular weight is 247 g/mol. The van der Waals surface area contributed by atoms with Crippen LogP contribution in [0.5, 0.6) is 0 Å². The molecule has 0 bridgehead atoms. The van der Waals surface area contributed by atoms with Crippen LogP contribution in [0, 0.1) is 13.8 Å². The molecule has 0 atom stereocenters. The third kappa shape index (κ3) is 2.03. The van der Waals surface area contributed by atoms with Crippen LogP contribution in [0.25, 0.3) is 10.4 Å². The van der Waals surface area contributed by atoms with Gasteiger partial charge in [0.05, 0.1) is 5.69 Å². The summed E-state index contributed by atoms with van der Waals surface area (Å²) in [6.45, 7) is 3.87. The molecule has 1 aromatic heterocycles. The molecule has 3 nitrogen and oxygen atoms in total. The number of aryl methyl sites for hydroxylation is 1. The first-order valence-corrected chi connectivity index (χ1v) is 6.01. The van der Waals surface area contributed by atoms with E-state index in [0.29, 0.717) is 5.69 Å². The van der Waals surface area contributed by atoms with E-state index in [0.717, 1.165) is 16.0 Å². The molecule has 0 aliphatic heterocycles. The van der Waals surface area contributed by atoms with E-state index in [1.54, 1.807) is 0 Å². The Morgan fingerprint density at radius 1 is 1.24 bits per heavy atom. The van der Waals surface area contributed by atoms with Gasteiger partial charge in [0.25, 0.3) is 0 Å². The first-order valence-electron chi connectivity index (χ1n) is 5.20. The fourth-order valence-corrected chi connectivity index (χ4v) is 2.74. The molecule has 0 amide bonds. The molecule has 0 aliphatic rings. The van der Waals surface area contributed by atoms with E-state index in [4.69, 9.17) is 10.8 Å². The zero-order valence-corrected chi connectivity index (χ0v) is 10.5. The molecule has 2 aromatic rings. The molecule has 3 N–H and O–H groups in total. The second-order valence-corrected chi connectivity index (χ2v) is 4.99. The van der Waals surface area contributed by atoms with Crippen molar-refractivity contribution in [2.75, 3.05) is 5.73 Å². The average Bonchev–Trinajstić information content (AvgIpc) is 2.58. The van der Waals surface area contributed by atoms with E-state index in [2.05, 4.69) is 0 Å². The van der Waals surface area contributed by atoms with Crippen LogP contribution >= 0.6 is 11.3 Å². The summed E-state index contributed by atoms with van der Waals surface area (Å²) in [7, 11) is 0. The van der Waals surface area contributed by atoms with Crippen LogP contribution in [0.1, 0.15) is 20.8 Å². The third-order valence-corrected chi connectivity index (χ3v) is 4.05. The number of nitrogens with two attached hydrogens (primary N) is 1. The number of rotatable bonds is 2. The smallest absolute Gasteiger partial charge is 0.348 e. The van der Waals surface area contributed by atoms with Gasteiger partial charge in [-0.05, 0) is 25.0 Å². The molecular formula is C13H13NO2S. The highest BCUT2D eigenvalue weighted by atomic mass is 32.1. The van der Waals surface area contributed by atoms with Crippen LogP contribution in [0.2, 0.25) is 0 Å². The predicted octanol–water partition coefficient (Wildman–Crippen LogP) is 3.31. The molecule has 0 aliphatic carbocycles.